The molecule has 1 heterocycles. The van der Waals surface area contributed by atoms with Crippen LogP contribution >= 0.6 is 0 Å². The Kier molecular flexibility index (Phi) is 6.00. The van der Waals surface area contributed by atoms with Gasteiger partial charge in [-0.1, -0.05) is 77.7 Å². The SMILES string of the molecule is CCC(C)(C)c1ccc(OC2(C[Si](C)(C)C)CC[Si](C)(C)CC2)cc1. The van der Waals surface area contributed by atoms with Crippen molar-refractivity contribution in [3.63, 3.8) is 0 Å². The summed E-state index contributed by atoms with van der Waals surface area (Å²) in [6.45, 7) is 19.5. The van der Waals surface area contributed by atoms with Gasteiger partial charge in [-0.25, -0.2) is 0 Å². The molecule has 0 saturated carbocycles. The van der Waals surface area contributed by atoms with Crippen LogP contribution in [0.2, 0.25) is 50.9 Å². The average molecular weight is 377 g/mol. The molecule has 1 aliphatic rings. The first-order chi connectivity index (χ1) is 11.4. The van der Waals surface area contributed by atoms with Gasteiger partial charge >= 0.3 is 0 Å². The minimum atomic E-state index is -1.17. The summed E-state index contributed by atoms with van der Waals surface area (Å²) in [6.07, 6.45) is 3.68. The third-order valence-electron chi connectivity index (χ3n) is 6.22. The summed E-state index contributed by atoms with van der Waals surface area (Å²) >= 11 is 0. The maximum Gasteiger partial charge on any atom is 0.120 e. The molecule has 1 fully saturated rings. The van der Waals surface area contributed by atoms with E-state index in [0.29, 0.717) is 0 Å². The molecule has 1 aromatic rings. The zero-order valence-corrected chi connectivity index (χ0v) is 20.0. The lowest BCUT2D eigenvalue weighted by Gasteiger charge is -2.45. The summed E-state index contributed by atoms with van der Waals surface area (Å²) < 4.78 is 6.77. The van der Waals surface area contributed by atoms with E-state index >= 15 is 0 Å². The van der Waals surface area contributed by atoms with Gasteiger partial charge in [0.15, 0.2) is 0 Å². The molecule has 0 N–H and O–H groups in total. The molecule has 1 aliphatic heterocycles. The molecule has 1 aromatic carbocycles. The minimum absolute atomic E-state index is 0.0920. The number of rotatable bonds is 6. The van der Waals surface area contributed by atoms with E-state index in [9.17, 15) is 0 Å². The Morgan fingerprint density at radius 2 is 1.56 bits per heavy atom. The molecule has 0 radical (unpaired) electrons. The summed E-state index contributed by atoms with van der Waals surface area (Å²) in [5.74, 6) is 1.08. The molecule has 3 heteroatoms. The summed E-state index contributed by atoms with van der Waals surface area (Å²) in [5.41, 5.74) is 1.75. The predicted octanol–water partition coefficient (Wildman–Crippen LogP) is 7.33. The molecule has 0 aromatic heterocycles. The molecular formula is C22H40OSi2. The van der Waals surface area contributed by atoms with Crippen LogP contribution in [0.25, 0.3) is 0 Å². The lowest BCUT2D eigenvalue weighted by atomic mass is 9.82. The Morgan fingerprint density at radius 1 is 1.04 bits per heavy atom. The van der Waals surface area contributed by atoms with Gasteiger partial charge in [-0.15, -0.1) is 0 Å². The van der Waals surface area contributed by atoms with E-state index in [1.54, 1.807) is 0 Å². The highest BCUT2D eigenvalue weighted by Gasteiger charge is 2.43. The zero-order chi connectivity index (χ0) is 18.9. The van der Waals surface area contributed by atoms with Gasteiger partial charge in [0.25, 0.3) is 0 Å². The molecule has 142 valence electrons. The van der Waals surface area contributed by atoms with Crippen molar-refractivity contribution in [2.24, 2.45) is 0 Å². The fourth-order valence-electron chi connectivity index (χ4n) is 4.09. The van der Waals surface area contributed by atoms with Gasteiger partial charge in [0.1, 0.15) is 11.4 Å². The van der Waals surface area contributed by atoms with Gasteiger partial charge in [0, 0.05) is 16.1 Å². The van der Waals surface area contributed by atoms with Crippen LogP contribution < -0.4 is 4.74 Å². The van der Waals surface area contributed by atoms with E-state index in [-0.39, 0.29) is 11.0 Å². The quantitative estimate of drug-likeness (QED) is 0.472. The van der Waals surface area contributed by atoms with Crippen molar-refractivity contribution in [3.05, 3.63) is 29.8 Å². The summed E-state index contributed by atoms with van der Waals surface area (Å²) in [7, 11) is -2.15. The van der Waals surface area contributed by atoms with Crippen LogP contribution in [0, 0.1) is 0 Å². The molecule has 25 heavy (non-hydrogen) atoms. The van der Waals surface area contributed by atoms with Gasteiger partial charge < -0.3 is 4.74 Å². The van der Waals surface area contributed by atoms with Gasteiger partial charge in [-0.3, -0.25) is 0 Å². The number of hydrogen-bond donors (Lipinski definition) is 0. The monoisotopic (exact) mass is 376 g/mol. The van der Waals surface area contributed by atoms with Crippen LogP contribution in [-0.2, 0) is 5.41 Å². The first-order valence-electron chi connectivity index (χ1n) is 10.2. The molecule has 0 unspecified atom stereocenters. The zero-order valence-electron chi connectivity index (χ0n) is 18.0. The predicted molar refractivity (Wildman–Crippen MR) is 118 cm³/mol. The molecule has 1 saturated heterocycles. The lowest BCUT2D eigenvalue weighted by molar-refractivity contribution is 0.0729. The van der Waals surface area contributed by atoms with Crippen molar-refractivity contribution in [1.82, 2.24) is 0 Å². The molecule has 2 rings (SSSR count). The van der Waals surface area contributed by atoms with E-state index in [4.69, 9.17) is 4.74 Å². The van der Waals surface area contributed by atoms with Crippen molar-refractivity contribution >= 4 is 16.1 Å². The van der Waals surface area contributed by atoms with Gasteiger partial charge in [-0.05, 0) is 48.4 Å². The molecule has 1 nitrogen and oxygen atoms in total. The van der Waals surface area contributed by atoms with Crippen molar-refractivity contribution in [2.45, 2.75) is 102 Å². The Hall–Kier alpha value is -0.546. The summed E-state index contributed by atoms with van der Waals surface area (Å²) in [5, 5.41) is 0. The Labute approximate surface area is 158 Å². The van der Waals surface area contributed by atoms with E-state index < -0.39 is 16.1 Å². The summed E-state index contributed by atoms with van der Waals surface area (Å²) in [6, 6.07) is 13.1. The van der Waals surface area contributed by atoms with Crippen LogP contribution in [0.4, 0.5) is 0 Å². The maximum atomic E-state index is 6.77. The second-order valence-corrected chi connectivity index (χ2v) is 21.8. The highest BCUT2D eigenvalue weighted by atomic mass is 28.3. The van der Waals surface area contributed by atoms with Crippen LogP contribution in [0.15, 0.2) is 24.3 Å². The first-order valence-corrected chi connectivity index (χ1v) is 17.3. The van der Waals surface area contributed by atoms with Crippen molar-refractivity contribution < 1.29 is 4.74 Å². The van der Waals surface area contributed by atoms with Crippen LogP contribution in [0.3, 0.4) is 0 Å². The topological polar surface area (TPSA) is 9.23 Å². The largest absolute Gasteiger partial charge is 0.488 e. The Balaban J connectivity index is 2.20. The molecular weight excluding hydrogens is 336 g/mol. The highest BCUT2D eigenvalue weighted by molar-refractivity contribution is 6.78. The van der Waals surface area contributed by atoms with Gasteiger partial charge in [0.05, 0.1) is 0 Å². The third-order valence-corrected chi connectivity index (χ3v) is 11.1. The van der Waals surface area contributed by atoms with Crippen molar-refractivity contribution in [1.29, 1.82) is 0 Å². The van der Waals surface area contributed by atoms with Crippen LogP contribution in [0.5, 0.6) is 5.75 Å². The number of ether oxygens (including phenoxy) is 1. The number of hydrogen-bond acceptors (Lipinski definition) is 1. The van der Waals surface area contributed by atoms with Gasteiger partial charge in [-0.2, -0.15) is 0 Å². The second kappa shape index (κ2) is 7.23. The maximum absolute atomic E-state index is 6.77. The third kappa shape index (κ3) is 5.72. The second-order valence-electron chi connectivity index (χ2n) is 10.9. The van der Waals surface area contributed by atoms with Crippen molar-refractivity contribution in [3.8, 4) is 5.75 Å². The smallest absolute Gasteiger partial charge is 0.120 e. The molecule has 0 bridgehead atoms. The fourth-order valence-corrected chi connectivity index (χ4v) is 8.97. The Bertz CT molecular complexity index is 557. The Morgan fingerprint density at radius 3 is 2.00 bits per heavy atom. The molecule has 0 spiro atoms. The van der Waals surface area contributed by atoms with Crippen LogP contribution in [-0.4, -0.2) is 21.7 Å². The average Bonchev–Trinajstić information content (AvgIpc) is 2.50. The van der Waals surface area contributed by atoms with E-state index in [2.05, 4.69) is 77.8 Å². The van der Waals surface area contributed by atoms with Gasteiger partial charge in [0.2, 0.25) is 0 Å². The highest BCUT2D eigenvalue weighted by Crippen LogP contribution is 2.43. The molecule has 0 atom stereocenters. The van der Waals surface area contributed by atoms with E-state index in [1.165, 1.54) is 36.5 Å². The number of benzene rings is 1. The summed E-state index contributed by atoms with van der Waals surface area (Å²) in [4.78, 5) is 0. The molecule has 0 aliphatic carbocycles. The normalized spacial score (nSPS) is 20.3. The first kappa shape index (κ1) is 20.8. The molecule has 0 amide bonds. The minimum Gasteiger partial charge on any atom is -0.488 e. The standard InChI is InChI=1S/C22H40OSi2/c1-9-21(2,3)19-10-12-20(13-11-19)23-22(18-24(4,5)6)14-16-25(7,8)17-15-22/h10-13H,9,14-18H2,1-8H3. The van der Waals surface area contributed by atoms with Crippen LogP contribution in [0.1, 0.15) is 45.6 Å². The van der Waals surface area contributed by atoms with E-state index in [1.807, 2.05) is 0 Å². The fraction of sp³-hybridized carbons (Fsp3) is 0.727. The van der Waals surface area contributed by atoms with Crippen molar-refractivity contribution in [2.75, 3.05) is 0 Å². The lowest BCUT2D eigenvalue weighted by Crippen LogP contribution is -2.49. The van der Waals surface area contributed by atoms with E-state index in [0.717, 1.165) is 12.2 Å².